The van der Waals surface area contributed by atoms with Gasteiger partial charge in [0.25, 0.3) is 0 Å². The Bertz CT molecular complexity index is 151. The van der Waals surface area contributed by atoms with Gasteiger partial charge in [-0.1, -0.05) is 29.0 Å². The van der Waals surface area contributed by atoms with Gasteiger partial charge in [0.05, 0.1) is 7.11 Å². The van der Waals surface area contributed by atoms with Crippen molar-refractivity contribution in [3.8, 4) is 0 Å². The summed E-state index contributed by atoms with van der Waals surface area (Å²) in [6.07, 6.45) is 3.19. The molecule has 1 amide bonds. The molecule has 0 aliphatic heterocycles. The van der Waals surface area contributed by atoms with Crippen LogP contribution in [0, 0.1) is 0 Å². The number of hydrogen-bond acceptors (Lipinski definition) is 2. The zero-order valence-corrected chi connectivity index (χ0v) is 8.63. The van der Waals surface area contributed by atoms with Gasteiger partial charge in [-0.3, -0.25) is 0 Å². The van der Waals surface area contributed by atoms with E-state index in [1.54, 1.807) is 0 Å². The van der Waals surface area contributed by atoms with E-state index in [0.29, 0.717) is 9.97 Å². The van der Waals surface area contributed by atoms with Gasteiger partial charge in [-0.15, -0.1) is 0 Å². The minimum atomic E-state index is -0.307. The molecule has 0 unspecified atom stereocenters. The number of carbonyl (C=O) groups excluding carboxylic acids is 1. The first kappa shape index (κ1) is 9.09. The quantitative estimate of drug-likeness (QED) is 0.581. The Morgan fingerprint density at radius 1 is 1.64 bits per heavy atom. The van der Waals surface area contributed by atoms with Crippen molar-refractivity contribution >= 4 is 28.7 Å². The highest BCUT2D eigenvalue weighted by atomic mass is 127. The highest BCUT2D eigenvalue weighted by molar-refractivity contribution is 14.1. The SMILES string of the molecule is COC(=O)N[C@H]1CCC[C@@H]1I. The van der Waals surface area contributed by atoms with E-state index in [1.165, 1.54) is 20.0 Å². The molecule has 1 N–H and O–H groups in total. The molecule has 0 spiro atoms. The normalized spacial score (nSPS) is 30.0. The zero-order valence-electron chi connectivity index (χ0n) is 6.47. The van der Waals surface area contributed by atoms with Crippen LogP contribution in [-0.2, 0) is 4.74 Å². The summed E-state index contributed by atoms with van der Waals surface area (Å²) in [5, 5.41) is 2.81. The Balaban J connectivity index is 2.30. The molecule has 64 valence electrons. The van der Waals surface area contributed by atoms with Crippen LogP contribution in [0.2, 0.25) is 0 Å². The monoisotopic (exact) mass is 269 g/mol. The minimum Gasteiger partial charge on any atom is -0.453 e. The molecule has 3 nitrogen and oxygen atoms in total. The molecular formula is C7H12INO2. The molecule has 1 fully saturated rings. The number of carbonyl (C=O) groups is 1. The van der Waals surface area contributed by atoms with Gasteiger partial charge in [0.2, 0.25) is 0 Å². The topological polar surface area (TPSA) is 38.3 Å². The lowest BCUT2D eigenvalue weighted by Gasteiger charge is -2.14. The van der Waals surface area contributed by atoms with E-state index >= 15 is 0 Å². The number of alkyl halides is 1. The first-order valence-electron chi connectivity index (χ1n) is 3.72. The van der Waals surface area contributed by atoms with Crippen LogP contribution in [0.1, 0.15) is 19.3 Å². The maximum Gasteiger partial charge on any atom is 0.407 e. The fourth-order valence-electron chi connectivity index (χ4n) is 1.29. The van der Waals surface area contributed by atoms with Crippen molar-refractivity contribution in [2.45, 2.75) is 29.2 Å². The van der Waals surface area contributed by atoms with E-state index in [1.807, 2.05) is 0 Å². The summed E-state index contributed by atoms with van der Waals surface area (Å²) in [6.45, 7) is 0. The van der Waals surface area contributed by atoms with Crippen LogP contribution in [0.3, 0.4) is 0 Å². The predicted octanol–water partition coefficient (Wildman–Crippen LogP) is 1.70. The lowest BCUT2D eigenvalue weighted by molar-refractivity contribution is 0.167. The zero-order chi connectivity index (χ0) is 8.27. The first-order chi connectivity index (χ1) is 5.24. The van der Waals surface area contributed by atoms with Gasteiger partial charge < -0.3 is 10.1 Å². The van der Waals surface area contributed by atoms with Crippen molar-refractivity contribution in [1.82, 2.24) is 5.32 Å². The molecule has 0 aromatic carbocycles. The maximum atomic E-state index is 10.8. The van der Waals surface area contributed by atoms with Crippen molar-refractivity contribution in [3.05, 3.63) is 0 Å². The minimum absolute atomic E-state index is 0.307. The molecule has 1 aliphatic rings. The van der Waals surface area contributed by atoms with Crippen molar-refractivity contribution in [3.63, 3.8) is 0 Å². The van der Waals surface area contributed by atoms with Crippen LogP contribution in [-0.4, -0.2) is 23.2 Å². The van der Waals surface area contributed by atoms with Gasteiger partial charge in [0, 0.05) is 9.97 Å². The standard InChI is InChI=1S/C7H12INO2/c1-11-7(10)9-6-4-2-3-5(6)8/h5-6H,2-4H2,1H3,(H,9,10)/t5-,6-/m0/s1. The van der Waals surface area contributed by atoms with Gasteiger partial charge in [-0.2, -0.15) is 0 Å². The molecule has 0 radical (unpaired) electrons. The molecule has 2 atom stereocenters. The molecule has 1 saturated carbocycles. The summed E-state index contributed by atoms with van der Waals surface area (Å²) in [6, 6.07) is 0.322. The lowest BCUT2D eigenvalue weighted by Crippen LogP contribution is -2.37. The van der Waals surface area contributed by atoms with Gasteiger partial charge in [-0.05, 0) is 12.8 Å². The van der Waals surface area contributed by atoms with E-state index in [9.17, 15) is 4.79 Å². The highest BCUT2D eigenvalue weighted by Gasteiger charge is 2.26. The largest absolute Gasteiger partial charge is 0.453 e. The molecule has 4 heteroatoms. The highest BCUT2D eigenvalue weighted by Crippen LogP contribution is 2.25. The summed E-state index contributed by atoms with van der Waals surface area (Å²) in [5.41, 5.74) is 0. The van der Waals surface area contributed by atoms with E-state index in [-0.39, 0.29) is 6.09 Å². The van der Waals surface area contributed by atoms with E-state index in [4.69, 9.17) is 0 Å². The number of nitrogens with one attached hydrogen (secondary N) is 1. The van der Waals surface area contributed by atoms with Crippen LogP contribution in [0.25, 0.3) is 0 Å². The van der Waals surface area contributed by atoms with Crippen molar-refractivity contribution in [1.29, 1.82) is 0 Å². The molecule has 0 aromatic heterocycles. The fraction of sp³-hybridized carbons (Fsp3) is 0.857. The Hall–Kier alpha value is 0. The second-order valence-electron chi connectivity index (χ2n) is 2.69. The summed E-state index contributed by atoms with van der Waals surface area (Å²) in [4.78, 5) is 10.8. The molecule has 11 heavy (non-hydrogen) atoms. The smallest absolute Gasteiger partial charge is 0.407 e. The third kappa shape index (κ3) is 2.50. The number of amides is 1. The van der Waals surface area contributed by atoms with Gasteiger partial charge in [0.15, 0.2) is 0 Å². The Labute approximate surface area is 80.0 Å². The molecule has 0 aromatic rings. The number of ether oxygens (including phenoxy) is 1. The van der Waals surface area contributed by atoms with Gasteiger partial charge >= 0.3 is 6.09 Å². The molecule has 0 heterocycles. The summed E-state index contributed by atoms with van der Waals surface area (Å²) in [7, 11) is 1.40. The van der Waals surface area contributed by atoms with Crippen LogP contribution in [0.15, 0.2) is 0 Å². The average Bonchev–Trinajstić information content (AvgIpc) is 2.37. The van der Waals surface area contributed by atoms with Crippen LogP contribution < -0.4 is 5.32 Å². The molecular weight excluding hydrogens is 257 g/mol. The number of methoxy groups -OCH3 is 1. The van der Waals surface area contributed by atoms with Crippen LogP contribution >= 0.6 is 22.6 Å². The number of rotatable bonds is 1. The predicted molar refractivity (Wildman–Crippen MR) is 51.0 cm³/mol. The molecule has 1 aliphatic carbocycles. The fourth-order valence-corrected chi connectivity index (χ4v) is 2.27. The van der Waals surface area contributed by atoms with Crippen molar-refractivity contribution in [2.24, 2.45) is 0 Å². The second-order valence-corrected chi connectivity index (χ2v) is 4.29. The molecule has 1 rings (SSSR count). The maximum absolute atomic E-state index is 10.8. The Morgan fingerprint density at radius 3 is 2.82 bits per heavy atom. The van der Waals surface area contributed by atoms with Crippen molar-refractivity contribution in [2.75, 3.05) is 7.11 Å². The Kier molecular flexibility index (Phi) is 3.42. The summed E-state index contributed by atoms with van der Waals surface area (Å²) < 4.78 is 5.08. The van der Waals surface area contributed by atoms with Gasteiger partial charge in [0.1, 0.15) is 0 Å². The third-order valence-corrected chi connectivity index (χ3v) is 3.41. The second kappa shape index (κ2) is 4.13. The van der Waals surface area contributed by atoms with Crippen molar-refractivity contribution < 1.29 is 9.53 Å². The van der Waals surface area contributed by atoms with E-state index in [2.05, 4.69) is 32.6 Å². The van der Waals surface area contributed by atoms with Gasteiger partial charge in [-0.25, -0.2) is 4.79 Å². The summed E-state index contributed by atoms with van der Waals surface area (Å²) in [5.74, 6) is 0. The lowest BCUT2D eigenvalue weighted by atomic mass is 10.3. The number of hydrogen-bond donors (Lipinski definition) is 1. The third-order valence-electron chi connectivity index (χ3n) is 1.92. The average molecular weight is 269 g/mol. The number of alkyl carbamates (subject to hydrolysis) is 1. The van der Waals surface area contributed by atoms with E-state index in [0.717, 1.165) is 6.42 Å². The van der Waals surface area contributed by atoms with Crippen LogP contribution in [0.5, 0.6) is 0 Å². The van der Waals surface area contributed by atoms with E-state index < -0.39 is 0 Å². The first-order valence-corrected chi connectivity index (χ1v) is 4.97. The number of halogens is 1. The Morgan fingerprint density at radius 2 is 2.36 bits per heavy atom. The molecule has 0 saturated heterocycles. The summed E-state index contributed by atoms with van der Waals surface area (Å²) >= 11 is 2.37. The van der Waals surface area contributed by atoms with Crippen LogP contribution in [0.4, 0.5) is 4.79 Å². The molecule has 0 bridgehead atoms.